The second-order valence-corrected chi connectivity index (χ2v) is 9.91. The van der Waals surface area contributed by atoms with Crippen LogP contribution in [0.4, 0.5) is 0 Å². The second kappa shape index (κ2) is 8.14. The average Bonchev–Trinajstić information content (AvgIpc) is 2.47. The van der Waals surface area contributed by atoms with Gasteiger partial charge < -0.3 is 4.52 Å². The summed E-state index contributed by atoms with van der Waals surface area (Å²) in [5.41, 5.74) is 1.94. The molecule has 2 aliphatic carbocycles. The molecule has 20 heavy (non-hydrogen) atoms. The lowest BCUT2D eigenvalue weighted by molar-refractivity contribution is 0.109. The van der Waals surface area contributed by atoms with Crippen molar-refractivity contribution in [2.24, 2.45) is 0 Å². The van der Waals surface area contributed by atoms with Gasteiger partial charge in [-0.25, -0.2) is 0 Å². The summed E-state index contributed by atoms with van der Waals surface area (Å²) in [5, 5.41) is 0. The van der Waals surface area contributed by atoms with Crippen LogP contribution in [0.3, 0.4) is 0 Å². The number of rotatable bonds is 6. The van der Waals surface area contributed by atoms with Crippen LogP contribution in [-0.4, -0.2) is 16.9 Å². The van der Waals surface area contributed by atoms with Gasteiger partial charge in [-0.15, -0.1) is 0 Å². The molecule has 0 aromatic carbocycles. The van der Waals surface area contributed by atoms with Gasteiger partial charge in [-0.1, -0.05) is 51.9 Å². The molecule has 0 amide bonds. The third-order valence-corrected chi connectivity index (χ3v) is 8.25. The third kappa shape index (κ3) is 4.99. The third-order valence-electron chi connectivity index (χ3n) is 5.07. The van der Waals surface area contributed by atoms with E-state index >= 15 is 0 Å². The van der Waals surface area contributed by atoms with Crippen molar-refractivity contribution in [3.63, 3.8) is 0 Å². The molecule has 0 N–H and O–H groups in total. The van der Waals surface area contributed by atoms with Gasteiger partial charge in [-0.05, 0) is 46.0 Å². The fraction of sp³-hybridized carbons (Fsp3) is 1.00. The molecule has 0 atom stereocenters. The van der Waals surface area contributed by atoms with Crippen molar-refractivity contribution in [3.8, 4) is 0 Å². The van der Waals surface area contributed by atoms with E-state index in [9.17, 15) is 0 Å². The molecule has 1 nitrogen and oxygen atoms in total. The monoisotopic (exact) mass is 298 g/mol. The van der Waals surface area contributed by atoms with Crippen LogP contribution in [0.15, 0.2) is 0 Å². The van der Waals surface area contributed by atoms with E-state index in [1.54, 1.807) is 0 Å². The quantitative estimate of drug-likeness (QED) is 0.499. The summed E-state index contributed by atoms with van der Waals surface area (Å²) in [5.74, 6) is 0. The van der Waals surface area contributed by atoms with Crippen LogP contribution in [0.5, 0.6) is 0 Å². The molecule has 2 fully saturated rings. The topological polar surface area (TPSA) is 9.23 Å². The highest BCUT2D eigenvalue weighted by Crippen LogP contribution is 2.58. The van der Waals surface area contributed by atoms with Gasteiger partial charge in [0.1, 0.15) is 0 Å². The lowest BCUT2D eigenvalue weighted by Crippen LogP contribution is -2.29. The standard InChI is InChI=1S/C18H35OP/c1-4-15-18(2,3)19-20(16-11-7-5-8-12-16)17-13-9-6-10-14-17/h16-17H,4-15H2,1-3H3. The second-order valence-electron chi connectivity index (χ2n) is 7.54. The highest BCUT2D eigenvalue weighted by molar-refractivity contribution is 7.54. The Kier molecular flexibility index (Phi) is 6.82. The highest BCUT2D eigenvalue weighted by Gasteiger charge is 2.36. The zero-order valence-corrected chi connectivity index (χ0v) is 14.9. The maximum atomic E-state index is 6.82. The molecule has 0 aromatic heterocycles. The maximum absolute atomic E-state index is 6.82. The molecular formula is C18H35OP. The fourth-order valence-electron chi connectivity index (χ4n) is 4.05. The summed E-state index contributed by atoms with van der Waals surface area (Å²) in [4.78, 5) is 0. The minimum absolute atomic E-state index is 0.106. The van der Waals surface area contributed by atoms with E-state index in [1.807, 2.05) is 0 Å². The lowest BCUT2D eigenvalue weighted by Gasteiger charge is -2.42. The Morgan fingerprint density at radius 2 is 1.30 bits per heavy atom. The summed E-state index contributed by atoms with van der Waals surface area (Å²) in [7, 11) is -0.197. The molecule has 0 radical (unpaired) electrons. The fourth-order valence-corrected chi connectivity index (χ4v) is 7.36. The normalized spacial score (nSPS) is 23.4. The predicted molar refractivity (Wildman–Crippen MR) is 90.7 cm³/mol. The molecule has 0 spiro atoms. The average molecular weight is 298 g/mol. The van der Waals surface area contributed by atoms with Gasteiger partial charge in [0.05, 0.1) is 5.60 Å². The number of hydrogen-bond donors (Lipinski definition) is 0. The van der Waals surface area contributed by atoms with Crippen LogP contribution in [-0.2, 0) is 4.52 Å². The molecule has 118 valence electrons. The minimum Gasteiger partial charge on any atom is -0.353 e. The Hall–Kier alpha value is 0.390. The summed E-state index contributed by atoms with van der Waals surface area (Å²) < 4.78 is 6.82. The number of hydrogen-bond acceptors (Lipinski definition) is 1. The van der Waals surface area contributed by atoms with Crippen molar-refractivity contribution in [2.75, 3.05) is 0 Å². The van der Waals surface area contributed by atoms with E-state index in [4.69, 9.17) is 4.52 Å². The Balaban J connectivity index is 2.01. The lowest BCUT2D eigenvalue weighted by atomic mass is 10.00. The Morgan fingerprint density at radius 3 is 1.70 bits per heavy atom. The van der Waals surface area contributed by atoms with Crippen molar-refractivity contribution in [1.82, 2.24) is 0 Å². The van der Waals surface area contributed by atoms with E-state index in [2.05, 4.69) is 20.8 Å². The van der Waals surface area contributed by atoms with E-state index in [0.29, 0.717) is 0 Å². The first-order chi connectivity index (χ1) is 9.62. The zero-order chi connectivity index (χ0) is 14.4. The molecule has 0 aromatic rings. The summed E-state index contributed by atoms with van der Waals surface area (Å²) >= 11 is 0. The minimum atomic E-state index is -0.197. The summed E-state index contributed by atoms with van der Waals surface area (Å²) in [6, 6.07) is 0. The molecule has 0 bridgehead atoms. The Bertz CT molecular complexity index is 247. The van der Waals surface area contributed by atoms with Gasteiger partial charge in [0.25, 0.3) is 0 Å². The zero-order valence-electron chi connectivity index (χ0n) is 14.0. The van der Waals surface area contributed by atoms with Crippen LogP contribution in [0.1, 0.15) is 97.8 Å². The smallest absolute Gasteiger partial charge is 0.0669 e. The summed E-state index contributed by atoms with van der Waals surface area (Å²) in [6.07, 6.45) is 17.0. The highest BCUT2D eigenvalue weighted by atomic mass is 31.1. The first kappa shape index (κ1) is 16.8. The van der Waals surface area contributed by atoms with Crippen LogP contribution in [0.2, 0.25) is 0 Å². The first-order valence-electron chi connectivity index (χ1n) is 9.10. The molecule has 2 heteroatoms. The molecule has 0 heterocycles. The molecule has 0 aliphatic heterocycles. The first-order valence-corrected chi connectivity index (χ1v) is 10.5. The van der Waals surface area contributed by atoms with Gasteiger partial charge in [0, 0.05) is 19.5 Å². The van der Waals surface area contributed by atoms with Gasteiger partial charge in [0.2, 0.25) is 0 Å². The van der Waals surface area contributed by atoms with Crippen molar-refractivity contribution in [3.05, 3.63) is 0 Å². The molecule has 2 rings (SSSR count). The van der Waals surface area contributed by atoms with Gasteiger partial charge in [-0.2, -0.15) is 0 Å². The predicted octanol–water partition coefficient (Wildman–Crippen LogP) is 6.64. The molecule has 0 unspecified atom stereocenters. The van der Waals surface area contributed by atoms with Crippen LogP contribution in [0, 0.1) is 0 Å². The van der Waals surface area contributed by atoms with Crippen molar-refractivity contribution >= 4 is 8.15 Å². The molecular weight excluding hydrogens is 263 g/mol. The van der Waals surface area contributed by atoms with Crippen molar-refractivity contribution in [2.45, 2.75) is 115 Å². The van der Waals surface area contributed by atoms with Gasteiger partial charge in [0.15, 0.2) is 0 Å². The van der Waals surface area contributed by atoms with E-state index < -0.39 is 0 Å². The molecule has 2 saturated carbocycles. The molecule has 2 aliphatic rings. The van der Waals surface area contributed by atoms with Gasteiger partial charge >= 0.3 is 0 Å². The largest absolute Gasteiger partial charge is 0.353 e. The van der Waals surface area contributed by atoms with Gasteiger partial charge in [-0.3, -0.25) is 0 Å². The SMILES string of the molecule is CCCC(C)(C)OP(C1CCCCC1)C1CCCCC1. The maximum Gasteiger partial charge on any atom is 0.0669 e. The van der Waals surface area contributed by atoms with E-state index in [-0.39, 0.29) is 13.7 Å². The molecule has 0 saturated heterocycles. The Morgan fingerprint density at radius 1 is 0.850 bits per heavy atom. The summed E-state index contributed by atoms with van der Waals surface area (Å²) in [6.45, 7) is 6.95. The van der Waals surface area contributed by atoms with Crippen LogP contribution in [0.25, 0.3) is 0 Å². The van der Waals surface area contributed by atoms with E-state index in [0.717, 1.165) is 11.3 Å². The van der Waals surface area contributed by atoms with Crippen molar-refractivity contribution in [1.29, 1.82) is 0 Å². The van der Waals surface area contributed by atoms with Crippen LogP contribution >= 0.6 is 8.15 Å². The van der Waals surface area contributed by atoms with Crippen LogP contribution < -0.4 is 0 Å². The van der Waals surface area contributed by atoms with E-state index in [1.165, 1.54) is 77.0 Å². The Labute approximate surface area is 128 Å². The van der Waals surface area contributed by atoms with Crippen molar-refractivity contribution < 1.29 is 4.52 Å².